The van der Waals surface area contributed by atoms with Gasteiger partial charge in [0.1, 0.15) is 11.8 Å². The number of halogens is 2. The Hall–Kier alpha value is -3.15. The van der Waals surface area contributed by atoms with Gasteiger partial charge in [0.25, 0.3) is 5.91 Å². The first-order valence-corrected chi connectivity index (χ1v) is 18.0. The highest BCUT2D eigenvalue weighted by Gasteiger charge is 2.40. The first kappa shape index (κ1) is 35.7. The van der Waals surface area contributed by atoms with Crippen molar-refractivity contribution in [2.45, 2.75) is 83.0 Å². The second-order valence-corrected chi connectivity index (χ2v) is 15.4. The third kappa shape index (κ3) is 8.26. The number of amides is 2. The highest BCUT2D eigenvalue weighted by atomic mass is 35.5. The number of benzene rings is 2. The Morgan fingerprint density at radius 3 is 2.41 bits per heavy atom. The number of piperazine rings is 1. The van der Waals surface area contributed by atoms with E-state index in [0.29, 0.717) is 71.6 Å². The van der Waals surface area contributed by atoms with Gasteiger partial charge in [-0.15, -0.1) is 0 Å². The molecule has 0 bridgehead atoms. The SMILES string of the molecule is CC(C)(C)N1CCN([C@H]2C[C@@H](COC3CCC(C(=O)O)CC3)N(C(=O)Cc3cc(Cl)c(NC(=O)c4coc5ccccc45)cc3Cl)C2)CC1. The molecule has 6 rings (SSSR count). The summed E-state index contributed by atoms with van der Waals surface area (Å²) in [5, 5.41) is 13.5. The van der Waals surface area contributed by atoms with Gasteiger partial charge in [-0.05, 0) is 76.6 Å². The number of hydrogen-bond acceptors (Lipinski definition) is 7. The number of ether oxygens (including phenoxy) is 1. The van der Waals surface area contributed by atoms with E-state index in [1.165, 1.54) is 6.26 Å². The average molecular weight is 714 g/mol. The molecule has 0 radical (unpaired) electrons. The van der Waals surface area contributed by atoms with E-state index in [2.05, 4.69) is 35.9 Å². The van der Waals surface area contributed by atoms with Crippen molar-refractivity contribution >= 4 is 57.6 Å². The lowest BCUT2D eigenvalue weighted by atomic mass is 9.87. The fraction of sp³-hybridized carbons (Fsp3) is 0.541. The minimum Gasteiger partial charge on any atom is -0.481 e. The van der Waals surface area contributed by atoms with Crippen molar-refractivity contribution in [3.63, 3.8) is 0 Å². The van der Waals surface area contributed by atoms with E-state index in [1.807, 2.05) is 23.1 Å². The van der Waals surface area contributed by atoms with Crippen molar-refractivity contribution in [3.05, 3.63) is 63.8 Å². The number of furan rings is 1. The Labute approximate surface area is 297 Å². The summed E-state index contributed by atoms with van der Waals surface area (Å²) in [6.07, 6.45) is 4.94. The van der Waals surface area contributed by atoms with Gasteiger partial charge in [-0.2, -0.15) is 0 Å². The summed E-state index contributed by atoms with van der Waals surface area (Å²) >= 11 is 13.4. The molecule has 10 nitrogen and oxygen atoms in total. The lowest BCUT2D eigenvalue weighted by molar-refractivity contribution is -0.144. The molecule has 3 heterocycles. The fourth-order valence-electron chi connectivity index (χ4n) is 7.53. The number of fused-ring (bicyclic) bond motifs is 1. The third-order valence-electron chi connectivity index (χ3n) is 10.5. The van der Waals surface area contributed by atoms with Crippen LogP contribution in [0.15, 0.2) is 47.1 Å². The number of aliphatic carboxylic acids is 1. The molecule has 2 aromatic carbocycles. The van der Waals surface area contributed by atoms with Crippen molar-refractivity contribution in [1.29, 1.82) is 0 Å². The molecule has 2 N–H and O–H groups in total. The summed E-state index contributed by atoms with van der Waals surface area (Å²) in [5.41, 5.74) is 2.03. The Morgan fingerprint density at radius 1 is 1.00 bits per heavy atom. The minimum absolute atomic E-state index is 0.00187. The van der Waals surface area contributed by atoms with Gasteiger partial charge in [0.2, 0.25) is 5.91 Å². The number of carboxylic acids is 1. The van der Waals surface area contributed by atoms with Crippen LogP contribution in [0.5, 0.6) is 0 Å². The van der Waals surface area contributed by atoms with E-state index in [4.69, 9.17) is 32.4 Å². The Balaban J connectivity index is 1.13. The van der Waals surface area contributed by atoms with Crippen LogP contribution in [0.25, 0.3) is 11.0 Å². The zero-order chi connectivity index (χ0) is 34.9. The monoisotopic (exact) mass is 712 g/mol. The van der Waals surface area contributed by atoms with Crippen molar-refractivity contribution in [2.75, 3.05) is 44.6 Å². The molecule has 12 heteroatoms. The lowest BCUT2D eigenvalue weighted by Crippen LogP contribution is -2.56. The maximum Gasteiger partial charge on any atom is 0.306 e. The van der Waals surface area contributed by atoms with E-state index in [1.54, 1.807) is 18.2 Å². The molecule has 3 fully saturated rings. The normalized spacial score (nSPS) is 24.0. The van der Waals surface area contributed by atoms with Gasteiger partial charge in [-0.1, -0.05) is 41.4 Å². The van der Waals surface area contributed by atoms with Gasteiger partial charge in [-0.25, -0.2) is 0 Å². The minimum atomic E-state index is -0.735. The highest BCUT2D eigenvalue weighted by Crippen LogP contribution is 2.33. The summed E-state index contributed by atoms with van der Waals surface area (Å²) < 4.78 is 11.9. The summed E-state index contributed by atoms with van der Waals surface area (Å²) in [4.78, 5) is 45.5. The number of nitrogens with zero attached hydrogens (tertiary/aromatic N) is 3. The van der Waals surface area contributed by atoms with E-state index in [9.17, 15) is 19.5 Å². The molecule has 264 valence electrons. The summed E-state index contributed by atoms with van der Waals surface area (Å²) in [6, 6.07) is 10.6. The van der Waals surface area contributed by atoms with Crippen LogP contribution in [-0.4, -0.2) is 101 Å². The van der Waals surface area contributed by atoms with E-state index in [-0.39, 0.29) is 52.9 Å². The molecule has 3 aromatic rings. The molecule has 1 saturated carbocycles. The smallest absolute Gasteiger partial charge is 0.306 e. The van der Waals surface area contributed by atoms with Crippen LogP contribution in [0.3, 0.4) is 0 Å². The van der Waals surface area contributed by atoms with Crippen molar-refractivity contribution in [2.24, 2.45) is 5.92 Å². The summed E-state index contributed by atoms with van der Waals surface area (Å²) in [5.74, 6) is -1.47. The van der Waals surface area contributed by atoms with Crippen LogP contribution in [0, 0.1) is 5.92 Å². The van der Waals surface area contributed by atoms with Gasteiger partial charge in [0.05, 0.1) is 47.4 Å². The quantitative estimate of drug-likeness (QED) is 0.256. The van der Waals surface area contributed by atoms with E-state index >= 15 is 0 Å². The Kier molecular flexibility index (Phi) is 10.9. The molecule has 1 aliphatic carbocycles. The van der Waals surface area contributed by atoms with Gasteiger partial charge in [-0.3, -0.25) is 24.2 Å². The van der Waals surface area contributed by atoms with E-state index < -0.39 is 5.97 Å². The molecular formula is C37H46Cl2N4O6. The standard InChI is InChI=1S/C37H46Cl2N4O6/c1-37(2,3)42-14-12-41(13-15-42)25-18-26(21-48-27-10-8-23(9-11-27)36(46)47)43(20-25)34(44)17-24-16-31(39)32(19-30(24)38)40-35(45)29-22-49-33-7-5-4-6-28(29)33/h4-7,16,19,22-23,25-27H,8-15,17-18,20-21H2,1-3H3,(H,40,45)(H,46,47)/t23?,25-,26-,27?/m0/s1. The predicted octanol–water partition coefficient (Wildman–Crippen LogP) is 6.58. The van der Waals surface area contributed by atoms with Crippen LogP contribution in [0.1, 0.15) is 68.8 Å². The molecule has 0 spiro atoms. The molecule has 2 atom stereocenters. The zero-order valence-electron chi connectivity index (χ0n) is 28.4. The molecule has 2 saturated heterocycles. The number of likely N-dealkylation sites (tertiary alicyclic amines) is 1. The predicted molar refractivity (Wildman–Crippen MR) is 190 cm³/mol. The average Bonchev–Trinajstić information content (AvgIpc) is 3.71. The van der Waals surface area contributed by atoms with Crippen LogP contribution < -0.4 is 5.32 Å². The van der Waals surface area contributed by atoms with Crippen LogP contribution >= 0.6 is 23.2 Å². The number of para-hydroxylation sites is 1. The van der Waals surface area contributed by atoms with Crippen molar-refractivity contribution in [1.82, 2.24) is 14.7 Å². The second kappa shape index (κ2) is 15.0. The number of carbonyl (C=O) groups excluding carboxylic acids is 2. The van der Waals surface area contributed by atoms with Crippen molar-refractivity contribution in [3.8, 4) is 0 Å². The molecular weight excluding hydrogens is 667 g/mol. The molecule has 0 unspecified atom stereocenters. The van der Waals surface area contributed by atoms with Gasteiger partial charge in [0, 0.05) is 54.7 Å². The first-order chi connectivity index (χ1) is 23.4. The van der Waals surface area contributed by atoms with Gasteiger partial charge >= 0.3 is 5.97 Å². The maximum absolute atomic E-state index is 14.0. The molecule has 49 heavy (non-hydrogen) atoms. The fourth-order valence-corrected chi connectivity index (χ4v) is 7.99. The van der Waals surface area contributed by atoms with E-state index in [0.717, 1.165) is 32.6 Å². The molecule has 2 aliphatic heterocycles. The maximum atomic E-state index is 14.0. The number of rotatable bonds is 9. The van der Waals surface area contributed by atoms with Crippen LogP contribution in [0.4, 0.5) is 5.69 Å². The summed E-state index contributed by atoms with van der Waals surface area (Å²) in [7, 11) is 0. The van der Waals surface area contributed by atoms with Crippen LogP contribution in [-0.2, 0) is 20.7 Å². The third-order valence-corrected chi connectivity index (χ3v) is 11.2. The molecule has 3 aliphatic rings. The van der Waals surface area contributed by atoms with Gasteiger partial charge in [0.15, 0.2) is 0 Å². The Bertz CT molecular complexity index is 1670. The topological polar surface area (TPSA) is 116 Å². The Morgan fingerprint density at radius 2 is 1.71 bits per heavy atom. The number of carboxylic acid groups (broad SMARTS) is 1. The number of carbonyl (C=O) groups is 3. The molecule has 2 amide bonds. The number of nitrogens with one attached hydrogen (secondary N) is 1. The summed E-state index contributed by atoms with van der Waals surface area (Å²) in [6.45, 7) is 11.6. The van der Waals surface area contributed by atoms with Crippen LogP contribution in [0.2, 0.25) is 10.0 Å². The van der Waals surface area contributed by atoms with Crippen molar-refractivity contribution < 1.29 is 28.6 Å². The number of anilines is 1. The molecule has 1 aromatic heterocycles. The lowest BCUT2D eigenvalue weighted by Gasteiger charge is -2.44. The number of hydrogen-bond donors (Lipinski definition) is 2. The van der Waals surface area contributed by atoms with Gasteiger partial charge < -0.3 is 24.5 Å². The highest BCUT2D eigenvalue weighted by molar-refractivity contribution is 6.36. The zero-order valence-corrected chi connectivity index (χ0v) is 29.9. The second-order valence-electron chi connectivity index (χ2n) is 14.6. The first-order valence-electron chi connectivity index (χ1n) is 17.3. The largest absolute Gasteiger partial charge is 0.481 e.